The first-order chi connectivity index (χ1) is 13.7. The van der Waals surface area contributed by atoms with Crippen molar-refractivity contribution in [2.24, 2.45) is 0 Å². The molecule has 0 spiro atoms. The number of carbonyl (C=O) groups is 1. The number of H-pyrrole nitrogens is 2. The van der Waals surface area contributed by atoms with Crippen LogP contribution in [0.2, 0.25) is 0 Å². The van der Waals surface area contributed by atoms with Crippen molar-refractivity contribution in [2.45, 2.75) is 12.8 Å². The van der Waals surface area contributed by atoms with Crippen LogP contribution in [-0.4, -0.2) is 25.9 Å². The van der Waals surface area contributed by atoms with Crippen molar-refractivity contribution in [1.29, 1.82) is 0 Å². The molecule has 5 nitrogen and oxygen atoms in total. The fourth-order valence-electron chi connectivity index (χ4n) is 3.62. The highest BCUT2D eigenvalue weighted by Crippen LogP contribution is 2.30. The Balaban J connectivity index is 1.57. The van der Waals surface area contributed by atoms with Crippen molar-refractivity contribution < 1.29 is 4.79 Å². The van der Waals surface area contributed by atoms with E-state index >= 15 is 0 Å². The third kappa shape index (κ3) is 2.68. The molecule has 0 aliphatic rings. The number of Topliss-reactive ketones (excluding diaryl/α,β-unsaturated/α-hetero) is 1. The van der Waals surface area contributed by atoms with Gasteiger partial charge in [0.2, 0.25) is 0 Å². The minimum atomic E-state index is -0.226. The summed E-state index contributed by atoms with van der Waals surface area (Å²) in [6, 6.07) is 19.7. The van der Waals surface area contributed by atoms with Crippen LogP contribution in [0.25, 0.3) is 33.1 Å². The van der Waals surface area contributed by atoms with Gasteiger partial charge >= 0.3 is 0 Å². The third-order valence-corrected chi connectivity index (χ3v) is 5.21. The minimum absolute atomic E-state index is 0.0342. The Labute approximate surface area is 161 Å². The summed E-state index contributed by atoms with van der Waals surface area (Å²) in [7, 11) is 0. The summed E-state index contributed by atoms with van der Waals surface area (Å²) in [4.78, 5) is 21.6. The van der Waals surface area contributed by atoms with E-state index in [0.29, 0.717) is 5.69 Å². The Bertz CT molecular complexity index is 1290. The predicted octanol–water partition coefficient (Wildman–Crippen LogP) is 5.09. The largest absolute Gasteiger partial charge is 0.300 e. The highest BCUT2D eigenvalue weighted by molar-refractivity contribution is 6.07. The maximum Gasteiger partial charge on any atom is 0.188 e. The lowest BCUT2D eigenvalue weighted by Gasteiger charge is -2.08. The van der Waals surface area contributed by atoms with Gasteiger partial charge in [0.05, 0.1) is 16.7 Å². The van der Waals surface area contributed by atoms with Crippen LogP contribution in [0.15, 0.2) is 73.1 Å². The maximum atomic E-state index is 13.0. The molecule has 0 saturated heterocycles. The van der Waals surface area contributed by atoms with Gasteiger partial charge in [0, 0.05) is 34.6 Å². The van der Waals surface area contributed by atoms with Gasteiger partial charge in [0.25, 0.3) is 0 Å². The number of nitrogens with one attached hydrogen (secondary N) is 2. The number of aromatic amines is 2. The van der Waals surface area contributed by atoms with Crippen LogP contribution < -0.4 is 0 Å². The number of aromatic nitrogens is 4. The highest BCUT2D eigenvalue weighted by Gasteiger charge is 2.20. The number of carbonyl (C=O) groups excluding carboxylic acids is 1. The summed E-state index contributed by atoms with van der Waals surface area (Å²) >= 11 is 0. The quantitative estimate of drug-likeness (QED) is 0.435. The second kappa shape index (κ2) is 6.46. The van der Waals surface area contributed by atoms with Crippen molar-refractivity contribution in [1.82, 2.24) is 20.2 Å². The van der Waals surface area contributed by atoms with Crippen LogP contribution in [0.1, 0.15) is 28.9 Å². The van der Waals surface area contributed by atoms with E-state index in [0.717, 1.165) is 38.6 Å². The number of benzene rings is 2. The zero-order chi connectivity index (χ0) is 19.1. The molecule has 2 N–H and O–H groups in total. The summed E-state index contributed by atoms with van der Waals surface area (Å²) in [6.45, 7) is 1.93. The molecule has 0 saturated carbocycles. The predicted molar refractivity (Wildman–Crippen MR) is 110 cm³/mol. The van der Waals surface area contributed by atoms with E-state index < -0.39 is 0 Å². The molecule has 3 heterocycles. The molecule has 28 heavy (non-hydrogen) atoms. The summed E-state index contributed by atoms with van der Waals surface area (Å²) in [5, 5.41) is 8.43. The molecule has 0 fully saturated rings. The minimum Gasteiger partial charge on any atom is -0.300 e. The van der Waals surface area contributed by atoms with E-state index in [9.17, 15) is 4.79 Å². The van der Waals surface area contributed by atoms with Crippen molar-refractivity contribution in [3.63, 3.8) is 0 Å². The number of ketones is 1. The van der Waals surface area contributed by atoms with Crippen molar-refractivity contribution in [3.8, 4) is 11.3 Å². The Morgan fingerprint density at radius 1 is 0.964 bits per heavy atom. The fraction of sp³-hybridized carbons (Fsp3) is 0.0870. The van der Waals surface area contributed by atoms with E-state index in [-0.39, 0.29) is 11.7 Å². The van der Waals surface area contributed by atoms with Crippen LogP contribution in [0.4, 0.5) is 0 Å². The topological polar surface area (TPSA) is 74.4 Å². The molecule has 5 rings (SSSR count). The molecule has 136 valence electrons. The molecule has 2 aromatic carbocycles. The molecule has 0 aliphatic heterocycles. The van der Waals surface area contributed by atoms with Crippen LogP contribution in [0.3, 0.4) is 0 Å². The number of rotatable bonds is 4. The maximum absolute atomic E-state index is 13.0. The van der Waals surface area contributed by atoms with Gasteiger partial charge in [-0.2, -0.15) is 0 Å². The smallest absolute Gasteiger partial charge is 0.188 e. The lowest BCUT2D eigenvalue weighted by Crippen LogP contribution is -2.09. The Morgan fingerprint density at radius 2 is 1.75 bits per heavy atom. The summed E-state index contributed by atoms with van der Waals surface area (Å²) in [5.74, 6) is -0.192. The monoisotopic (exact) mass is 366 g/mol. The molecule has 5 aromatic rings. The lowest BCUT2D eigenvalue weighted by atomic mass is 9.95. The van der Waals surface area contributed by atoms with Gasteiger partial charge in [0.1, 0.15) is 5.69 Å². The first kappa shape index (κ1) is 16.4. The van der Waals surface area contributed by atoms with E-state index in [4.69, 9.17) is 0 Å². The third-order valence-electron chi connectivity index (χ3n) is 5.21. The van der Waals surface area contributed by atoms with Crippen molar-refractivity contribution in [2.75, 3.05) is 0 Å². The van der Waals surface area contributed by atoms with E-state index in [2.05, 4.69) is 26.2 Å². The zero-order valence-electron chi connectivity index (χ0n) is 15.3. The summed E-state index contributed by atoms with van der Waals surface area (Å²) in [6.07, 6.45) is 3.54. The lowest BCUT2D eigenvalue weighted by molar-refractivity contribution is 0.0962. The van der Waals surface area contributed by atoms with Gasteiger partial charge in [-0.1, -0.05) is 37.3 Å². The molecule has 0 aliphatic carbocycles. The fourth-order valence-corrected chi connectivity index (χ4v) is 3.62. The Kier molecular flexibility index (Phi) is 3.79. The molecule has 0 unspecified atom stereocenters. The molecule has 0 radical (unpaired) electrons. The average molecular weight is 366 g/mol. The second-order valence-electron chi connectivity index (χ2n) is 6.96. The van der Waals surface area contributed by atoms with E-state index in [1.807, 2.05) is 61.5 Å². The van der Waals surface area contributed by atoms with Gasteiger partial charge in [-0.05, 0) is 35.9 Å². The first-order valence-corrected chi connectivity index (χ1v) is 9.21. The molecule has 0 amide bonds. The summed E-state index contributed by atoms with van der Waals surface area (Å²) < 4.78 is 0. The van der Waals surface area contributed by atoms with Crippen LogP contribution in [0.5, 0.6) is 0 Å². The number of nitrogens with zero attached hydrogens (tertiary/aromatic N) is 2. The van der Waals surface area contributed by atoms with E-state index in [1.54, 1.807) is 12.4 Å². The zero-order valence-corrected chi connectivity index (χ0v) is 15.3. The SMILES string of the molecule is C[C@@H](C(=O)c1cc2cc3c(-c4ccncc4)[nH][nH]c3cc2n1)c1ccccc1. The molecule has 3 aromatic heterocycles. The second-order valence-corrected chi connectivity index (χ2v) is 6.96. The number of hydrogen-bond acceptors (Lipinski definition) is 3. The van der Waals surface area contributed by atoms with Gasteiger partial charge < -0.3 is 5.10 Å². The van der Waals surface area contributed by atoms with E-state index in [1.165, 1.54) is 0 Å². The van der Waals surface area contributed by atoms with Gasteiger partial charge in [-0.25, -0.2) is 4.98 Å². The Morgan fingerprint density at radius 3 is 2.54 bits per heavy atom. The van der Waals surface area contributed by atoms with Crippen LogP contribution in [0, 0.1) is 0 Å². The molecule has 1 atom stereocenters. The van der Waals surface area contributed by atoms with Crippen molar-refractivity contribution >= 4 is 27.6 Å². The molecule has 5 heteroatoms. The van der Waals surface area contributed by atoms with Crippen molar-refractivity contribution in [3.05, 3.63) is 84.3 Å². The molecular formula is C23H18N4O. The number of fused-ring (bicyclic) bond motifs is 2. The number of pyridine rings is 1. The normalized spacial score (nSPS) is 12.5. The molecular weight excluding hydrogens is 348 g/mol. The van der Waals surface area contributed by atoms with Gasteiger partial charge in [0.15, 0.2) is 5.78 Å². The highest BCUT2D eigenvalue weighted by atomic mass is 16.1. The van der Waals surface area contributed by atoms with Crippen LogP contribution >= 0.6 is 0 Å². The molecule has 0 bridgehead atoms. The standard InChI is InChI=1S/C23H18N4O/c1-14(15-5-3-2-4-6-15)23(28)21-12-17-11-18-20(13-19(17)25-21)26-27-22(18)16-7-9-24-10-8-16/h2-14,26-27H,1H3/t14-/m1/s1. The van der Waals surface area contributed by atoms with Crippen LogP contribution in [-0.2, 0) is 0 Å². The first-order valence-electron chi connectivity index (χ1n) is 9.21. The average Bonchev–Trinajstić information content (AvgIpc) is 3.35. The number of hydrogen-bond donors (Lipinski definition) is 2. The van der Waals surface area contributed by atoms with Gasteiger partial charge in [-0.3, -0.25) is 14.9 Å². The van der Waals surface area contributed by atoms with Gasteiger partial charge in [-0.15, -0.1) is 0 Å². The summed E-state index contributed by atoms with van der Waals surface area (Å²) in [5.41, 5.74) is 5.31. The Hall–Kier alpha value is -3.73.